The highest BCUT2D eigenvalue weighted by Gasteiger charge is 2.23. The van der Waals surface area contributed by atoms with Crippen LogP contribution in [0.1, 0.15) is 30.7 Å². The number of aromatic nitrogens is 1. The van der Waals surface area contributed by atoms with Crippen LogP contribution in [-0.2, 0) is 6.42 Å². The lowest BCUT2D eigenvalue weighted by Gasteiger charge is -2.27. The van der Waals surface area contributed by atoms with Gasteiger partial charge in [0.1, 0.15) is 0 Å². The predicted octanol–water partition coefficient (Wildman–Crippen LogP) is 3.36. The van der Waals surface area contributed by atoms with Crippen LogP contribution < -0.4 is 5.73 Å². The Morgan fingerprint density at radius 3 is 2.88 bits per heavy atom. The van der Waals surface area contributed by atoms with Gasteiger partial charge in [-0.25, -0.2) is 4.98 Å². The van der Waals surface area contributed by atoms with Crippen LogP contribution in [0, 0.1) is 5.92 Å². The first-order valence-electron chi connectivity index (χ1n) is 6.43. The number of rotatable bonds is 2. The van der Waals surface area contributed by atoms with Crippen LogP contribution in [0.2, 0.25) is 0 Å². The van der Waals surface area contributed by atoms with E-state index in [1.54, 1.807) is 0 Å². The molecular weight excluding hydrogens is 228 g/mol. The molecule has 3 heteroatoms. The zero-order chi connectivity index (χ0) is 11.7. The van der Waals surface area contributed by atoms with E-state index in [9.17, 15) is 0 Å². The van der Waals surface area contributed by atoms with E-state index in [2.05, 4.69) is 24.3 Å². The third-order valence-corrected chi connectivity index (χ3v) is 4.80. The summed E-state index contributed by atoms with van der Waals surface area (Å²) in [6.45, 7) is 0. The van der Waals surface area contributed by atoms with Gasteiger partial charge in [0.15, 0.2) is 0 Å². The molecule has 17 heavy (non-hydrogen) atoms. The van der Waals surface area contributed by atoms with Crippen LogP contribution in [0.4, 0.5) is 0 Å². The Morgan fingerprint density at radius 1 is 1.24 bits per heavy atom. The summed E-state index contributed by atoms with van der Waals surface area (Å²) in [5.41, 5.74) is 7.33. The predicted molar refractivity (Wildman–Crippen MR) is 73.3 cm³/mol. The molecule has 0 aliphatic heterocycles. The molecule has 2 nitrogen and oxygen atoms in total. The van der Waals surface area contributed by atoms with Gasteiger partial charge in [0.05, 0.1) is 15.2 Å². The Morgan fingerprint density at radius 2 is 2.06 bits per heavy atom. The first-order valence-corrected chi connectivity index (χ1v) is 7.24. The molecule has 2 aromatic rings. The van der Waals surface area contributed by atoms with Crippen LogP contribution in [0.25, 0.3) is 10.2 Å². The topological polar surface area (TPSA) is 38.9 Å². The molecule has 0 saturated heterocycles. The Hall–Kier alpha value is -0.930. The van der Waals surface area contributed by atoms with Crippen molar-refractivity contribution < 1.29 is 0 Å². The summed E-state index contributed by atoms with van der Waals surface area (Å²) >= 11 is 1.83. The number of nitrogens with two attached hydrogens (primary N) is 1. The van der Waals surface area contributed by atoms with Crippen LogP contribution in [0.3, 0.4) is 0 Å². The largest absolute Gasteiger partial charge is 0.327 e. The van der Waals surface area contributed by atoms with Crippen molar-refractivity contribution in [2.45, 2.75) is 38.1 Å². The molecule has 1 aliphatic carbocycles. The SMILES string of the molecule is NC1CCCCC1Cc1nc2ccccc2s1. The van der Waals surface area contributed by atoms with Crippen LogP contribution in [0.15, 0.2) is 24.3 Å². The molecule has 2 N–H and O–H groups in total. The van der Waals surface area contributed by atoms with Crippen LogP contribution in [0.5, 0.6) is 0 Å². The Balaban J connectivity index is 1.79. The number of benzene rings is 1. The minimum absolute atomic E-state index is 0.385. The molecule has 0 spiro atoms. The first-order chi connectivity index (χ1) is 8.33. The van der Waals surface area contributed by atoms with Gasteiger partial charge in [-0.15, -0.1) is 11.3 Å². The van der Waals surface area contributed by atoms with Crippen molar-refractivity contribution in [1.29, 1.82) is 0 Å². The monoisotopic (exact) mass is 246 g/mol. The zero-order valence-electron chi connectivity index (χ0n) is 9.93. The third-order valence-electron chi connectivity index (χ3n) is 3.74. The minimum Gasteiger partial charge on any atom is -0.327 e. The second kappa shape index (κ2) is 4.75. The van der Waals surface area contributed by atoms with Crippen LogP contribution >= 0.6 is 11.3 Å². The molecule has 1 aromatic carbocycles. The number of fused-ring (bicyclic) bond motifs is 1. The maximum atomic E-state index is 6.20. The molecule has 1 aliphatic rings. The summed E-state index contributed by atoms with van der Waals surface area (Å²) < 4.78 is 1.30. The summed E-state index contributed by atoms with van der Waals surface area (Å²) in [4.78, 5) is 4.70. The molecule has 0 bridgehead atoms. The number of thiazole rings is 1. The fraction of sp³-hybridized carbons (Fsp3) is 0.500. The van der Waals surface area contributed by atoms with E-state index in [-0.39, 0.29) is 0 Å². The smallest absolute Gasteiger partial charge is 0.0941 e. The number of nitrogens with zero attached hydrogens (tertiary/aromatic N) is 1. The average molecular weight is 246 g/mol. The molecule has 1 aromatic heterocycles. The Bertz CT molecular complexity index is 473. The summed E-state index contributed by atoms with van der Waals surface area (Å²) in [5.74, 6) is 0.643. The molecule has 1 saturated carbocycles. The molecule has 1 heterocycles. The van der Waals surface area contributed by atoms with Gasteiger partial charge in [-0.2, -0.15) is 0 Å². The van der Waals surface area contributed by atoms with E-state index in [0.29, 0.717) is 12.0 Å². The third kappa shape index (κ3) is 2.35. The highest BCUT2D eigenvalue weighted by molar-refractivity contribution is 7.18. The summed E-state index contributed by atoms with van der Waals surface area (Å²) in [6, 6.07) is 8.76. The number of hydrogen-bond acceptors (Lipinski definition) is 3. The lowest BCUT2D eigenvalue weighted by Crippen LogP contribution is -2.34. The molecule has 3 rings (SSSR count). The molecule has 2 unspecified atom stereocenters. The van der Waals surface area contributed by atoms with Gasteiger partial charge in [-0.3, -0.25) is 0 Å². The molecular formula is C14H18N2S. The number of hydrogen-bond donors (Lipinski definition) is 1. The summed E-state index contributed by atoms with van der Waals surface area (Å²) in [7, 11) is 0. The van der Waals surface area contributed by atoms with E-state index in [0.717, 1.165) is 11.9 Å². The first kappa shape index (κ1) is 11.2. The van der Waals surface area contributed by atoms with E-state index in [1.807, 2.05) is 11.3 Å². The molecule has 2 atom stereocenters. The second-order valence-corrected chi connectivity index (χ2v) is 6.10. The van der Waals surface area contributed by atoms with E-state index in [4.69, 9.17) is 10.7 Å². The van der Waals surface area contributed by atoms with Crippen molar-refractivity contribution in [3.05, 3.63) is 29.3 Å². The quantitative estimate of drug-likeness (QED) is 0.882. The molecule has 0 amide bonds. The fourth-order valence-corrected chi connectivity index (χ4v) is 3.78. The lowest BCUT2D eigenvalue weighted by molar-refractivity contribution is 0.306. The molecule has 0 radical (unpaired) electrons. The Labute approximate surface area is 106 Å². The van der Waals surface area contributed by atoms with E-state index < -0.39 is 0 Å². The fourth-order valence-electron chi connectivity index (χ4n) is 2.72. The van der Waals surface area contributed by atoms with Gasteiger partial charge >= 0.3 is 0 Å². The van der Waals surface area contributed by atoms with Gasteiger partial charge in [-0.1, -0.05) is 25.0 Å². The van der Waals surface area contributed by atoms with Crippen molar-refractivity contribution >= 4 is 21.6 Å². The molecule has 1 fully saturated rings. The second-order valence-electron chi connectivity index (χ2n) is 4.99. The van der Waals surface area contributed by atoms with Gasteiger partial charge in [-0.05, 0) is 30.9 Å². The lowest BCUT2D eigenvalue weighted by atomic mass is 9.83. The van der Waals surface area contributed by atoms with E-state index in [1.165, 1.54) is 35.4 Å². The normalized spacial score (nSPS) is 25.2. The Kier molecular flexibility index (Phi) is 3.12. The maximum absolute atomic E-state index is 6.20. The van der Waals surface area contributed by atoms with Gasteiger partial charge in [0.25, 0.3) is 0 Å². The summed E-state index contributed by atoms with van der Waals surface area (Å²) in [6.07, 6.45) is 6.17. The summed E-state index contributed by atoms with van der Waals surface area (Å²) in [5, 5.41) is 1.26. The average Bonchev–Trinajstić information content (AvgIpc) is 2.74. The van der Waals surface area contributed by atoms with Crippen molar-refractivity contribution in [1.82, 2.24) is 4.98 Å². The maximum Gasteiger partial charge on any atom is 0.0941 e. The van der Waals surface area contributed by atoms with Gasteiger partial charge in [0, 0.05) is 12.5 Å². The molecule has 90 valence electrons. The zero-order valence-corrected chi connectivity index (χ0v) is 10.7. The van der Waals surface area contributed by atoms with Crippen molar-refractivity contribution in [3.8, 4) is 0 Å². The minimum atomic E-state index is 0.385. The van der Waals surface area contributed by atoms with Crippen molar-refractivity contribution in [3.63, 3.8) is 0 Å². The van der Waals surface area contributed by atoms with Crippen molar-refractivity contribution in [2.75, 3.05) is 0 Å². The van der Waals surface area contributed by atoms with E-state index >= 15 is 0 Å². The van der Waals surface area contributed by atoms with Crippen molar-refractivity contribution in [2.24, 2.45) is 11.7 Å². The van der Waals surface area contributed by atoms with Crippen LogP contribution in [-0.4, -0.2) is 11.0 Å². The standard InChI is InChI=1S/C14H18N2S/c15-11-6-2-1-5-10(11)9-14-16-12-7-3-4-8-13(12)17-14/h3-4,7-8,10-11H,1-2,5-6,9,15H2. The van der Waals surface area contributed by atoms with Gasteiger partial charge < -0.3 is 5.73 Å². The highest BCUT2D eigenvalue weighted by atomic mass is 32.1. The number of para-hydroxylation sites is 1. The van der Waals surface area contributed by atoms with Gasteiger partial charge in [0.2, 0.25) is 0 Å². The highest BCUT2D eigenvalue weighted by Crippen LogP contribution is 2.29.